The molecule has 114 valence electrons. The van der Waals surface area contributed by atoms with Gasteiger partial charge in [-0.2, -0.15) is 0 Å². The standard InChI is InChI=1S/C18H15N3O2/c1-2-23-18(22)15-7-12-21-17(14-5-10-20-11-6-14)16(15)13-3-8-19-9-4-13/h3-12H,2H2,1H3. The van der Waals surface area contributed by atoms with Crippen molar-refractivity contribution in [1.82, 2.24) is 15.0 Å². The number of esters is 1. The van der Waals surface area contributed by atoms with Crippen molar-refractivity contribution in [2.75, 3.05) is 6.61 Å². The SMILES string of the molecule is CCOC(=O)c1ccnc(-c2ccncc2)c1-c1ccncc1. The van der Waals surface area contributed by atoms with Crippen molar-refractivity contribution in [1.29, 1.82) is 0 Å². The molecule has 0 aromatic carbocycles. The minimum atomic E-state index is -0.364. The Bertz CT molecular complexity index is 805. The Kier molecular flexibility index (Phi) is 4.38. The van der Waals surface area contributed by atoms with Gasteiger partial charge in [0.05, 0.1) is 17.9 Å². The summed E-state index contributed by atoms with van der Waals surface area (Å²) in [6.07, 6.45) is 8.39. The van der Waals surface area contributed by atoms with Crippen LogP contribution in [-0.2, 0) is 4.74 Å². The lowest BCUT2D eigenvalue weighted by Gasteiger charge is -2.13. The number of hydrogen-bond donors (Lipinski definition) is 0. The summed E-state index contributed by atoms with van der Waals surface area (Å²) in [5.74, 6) is -0.364. The van der Waals surface area contributed by atoms with Crippen LogP contribution in [0.3, 0.4) is 0 Å². The summed E-state index contributed by atoms with van der Waals surface area (Å²) in [4.78, 5) is 24.9. The van der Waals surface area contributed by atoms with E-state index in [2.05, 4.69) is 15.0 Å². The highest BCUT2D eigenvalue weighted by Gasteiger charge is 2.19. The Hall–Kier alpha value is -3.08. The maximum atomic E-state index is 12.3. The Labute approximate surface area is 134 Å². The van der Waals surface area contributed by atoms with Crippen LogP contribution in [0.1, 0.15) is 17.3 Å². The molecular weight excluding hydrogens is 290 g/mol. The van der Waals surface area contributed by atoms with E-state index in [-0.39, 0.29) is 5.97 Å². The maximum Gasteiger partial charge on any atom is 0.338 e. The number of aromatic nitrogens is 3. The number of carbonyl (C=O) groups is 1. The predicted octanol–water partition coefficient (Wildman–Crippen LogP) is 3.38. The third-order valence-corrected chi connectivity index (χ3v) is 3.37. The molecule has 0 radical (unpaired) electrons. The third-order valence-electron chi connectivity index (χ3n) is 3.37. The van der Waals surface area contributed by atoms with E-state index in [9.17, 15) is 4.79 Å². The number of pyridine rings is 3. The fourth-order valence-corrected chi connectivity index (χ4v) is 2.38. The number of carbonyl (C=O) groups excluding carboxylic acids is 1. The van der Waals surface area contributed by atoms with Gasteiger partial charge in [-0.1, -0.05) is 0 Å². The van der Waals surface area contributed by atoms with Crippen molar-refractivity contribution in [2.24, 2.45) is 0 Å². The van der Waals surface area contributed by atoms with Crippen molar-refractivity contribution in [3.05, 3.63) is 66.9 Å². The van der Waals surface area contributed by atoms with Crippen LogP contribution < -0.4 is 0 Å². The van der Waals surface area contributed by atoms with Gasteiger partial charge in [0.25, 0.3) is 0 Å². The number of hydrogen-bond acceptors (Lipinski definition) is 5. The van der Waals surface area contributed by atoms with Crippen LogP contribution in [0.15, 0.2) is 61.3 Å². The van der Waals surface area contributed by atoms with Gasteiger partial charge in [-0.25, -0.2) is 4.79 Å². The predicted molar refractivity (Wildman–Crippen MR) is 86.7 cm³/mol. The van der Waals surface area contributed by atoms with Crippen LogP contribution in [0.4, 0.5) is 0 Å². The van der Waals surface area contributed by atoms with Crippen LogP contribution in [0.25, 0.3) is 22.4 Å². The first kappa shape index (κ1) is 14.8. The van der Waals surface area contributed by atoms with Gasteiger partial charge in [-0.3, -0.25) is 15.0 Å². The van der Waals surface area contributed by atoms with Gasteiger partial charge in [0.2, 0.25) is 0 Å². The van der Waals surface area contributed by atoms with Gasteiger partial charge in [0.15, 0.2) is 0 Å². The molecule has 0 unspecified atom stereocenters. The molecule has 3 aromatic rings. The van der Waals surface area contributed by atoms with Crippen molar-refractivity contribution in [3.8, 4) is 22.4 Å². The van der Waals surface area contributed by atoms with E-state index in [1.807, 2.05) is 24.3 Å². The monoisotopic (exact) mass is 305 g/mol. The summed E-state index contributed by atoms with van der Waals surface area (Å²) < 4.78 is 5.19. The summed E-state index contributed by atoms with van der Waals surface area (Å²) in [6, 6.07) is 9.11. The molecule has 0 spiro atoms. The first-order valence-corrected chi connectivity index (χ1v) is 7.28. The first-order chi connectivity index (χ1) is 11.3. The fourth-order valence-electron chi connectivity index (χ4n) is 2.38. The Balaban J connectivity index is 2.25. The number of nitrogens with zero attached hydrogens (tertiary/aromatic N) is 3. The topological polar surface area (TPSA) is 65.0 Å². The molecule has 3 heterocycles. The molecule has 0 bridgehead atoms. The molecule has 3 rings (SSSR count). The normalized spacial score (nSPS) is 10.3. The van der Waals surface area contributed by atoms with Gasteiger partial charge in [-0.15, -0.1) is 0 Å². The zero-order valence-corrected chi connectivity index (χ0v) is 12.6. The van der Waals surface area contributed by atoms with Crippen molar-refractivity contribution in [2.45, 2.75) is 6.92 Å². The van der Waals surface area contributed by atoms with E-state index in [1.165, 1.54) is 0 Å². The molecule has 23 heavy (non-hydrogen) atoms. The van der Waals surface area contributed by atoms with Crippen LogP contribution in [-0.4, -0.2) is 27.5 Å². The summed E-state index contributed by atoms with van der Waals surface area (Å²) in [6.45, 7) is 2.11. The van der Waals surface area contributed by atoms with E-state index >= 15 is 0 Å². The summed E-state index contributed by atoms with van der Waals surface area (Å²) in [5.41, 5.74) is 3.68. The van der Waals surface area contributed by atoms with E-state index in [0.29, 0.717) is 17.9 Å². The lowest BCUT2D eigenvalue weighted by atomic mass is 9.96. The zero-order valence-electron chi connectivity index (χ0n) is 12.6. The zero-order chi connectivity index (χ0) is 16.1. The number of rotatable bonds is 4. The van der Waals surface area contributed by atoms with E-state index in [4.69, 9.17) is 4.74 Å². The molecule has 5 heteroatoms. The third kappa shape index (κ3) is 3.08. The molecule has 0 aliphatic heterocycles. The molecule has 0 atom stereocenters. The summed E-state index contributed by atoms with van der Waals surface area (Å²) in [7, 11) is 0. The Morgan fingerprint density at radius 1 is 0.913 bits per heavy atom. The lowest BCUT2D eigenvalue weighted by molar-refractivity contribution is 0.0527. The second-order valence-corrected chi connectivity index (χ2v) is 4.77. The first-order valence-electron chi connectivity index (χ1n) is 7.28. The van der Waals surface area contributed by atoms with Gasteiger partial charge >= 0.3 is 5.97 Å². The molecule has 0 fully saturated rings. The van der Waals surface area contributed by atoms with Crippen molar-refractivity contribution < 1.29 is 9.53 Å². The molecule has 0 aliphatic rings. The molecule has 0 saturated carbocycles. The quantitative estimate of drug-likeness (QED) is 0.691. The largest absolute Gasteiger partial charge is 0.462 e. The molecule has 0 aliphatic carbocycles. The Morgan fingerprint density at radius 2 is 1.52 bits per heavy atom. The molecule has 0 N–H and O–H groups in total. The van der Waals surface area contributed by atoms with Crippen molar-refractivity contribution >= 4 is 5.97 Å². The second-order valence-electron chi connectivity index (χ2n) is 4.77. The van der Waals surface area contributed by atoms with Crippen LogP contribution in [0.2, 0.25) is 0 Å². The van der Waals surface area contributed by atoms with Gasteiger partial charge in [0.1, 0.15) is 0 Å². The Morgan fingerprint density at radius 3 is 2.13 bits per heavy atom. The average molecular weight is 305 g/mol. The van der Waals surface area contributed by atoms with E-state index in [0.717, 1.165) is 16.7 Å². The van der Waals surface area contributed by atoms with E-state index in [1.54, 1.807) is 44.0 Å². The van der Waals surface area contributed by atoms with Gasteiger partial charge < -0.3 is 4.74 Å². The smallest absolute Gasteiger partial charge is 0.338 e. The fraction of sp³-hybridized carbons (Fsp3) is 0.111. The average Bonchev–Trinajstić information content (AvgIpc) is 2.63. The second kappa shape index (κ2) is 6.79. The highest BCUT2D eigenvalue weighted by atomic mass is 16.5. The molecule has 0 amide bonds. The van der Waals surface area contributed by atoms with Crippen molar-refractivity contribution in [3.63, 3.8) is 0 Å². The summed E-state index contributed by atoms with van der Waals surface area (Å²) >= 11 is 0. The molecule has 0 saturated heterocycles. The molecular formula is C18H15N3O2. The highest BCUT2D eigenvalue weighted by molar-refractivity contribution is 6.01. The minimum Gasteiger partial charge on any atom is -0.462 e. The van der Waals surface area contributed by atoms with Crippen LogP contribution >= 0.6 is 0 Å². The summed E-state index contributed by atoms with van der Waals surface area (Å²) in [5, 5.41) is 0. The van der Waals surface area contributed by atoms with E-state index < -0.39 is 0 Å². The molecule has 5 nitrogen and oxygen atoms in total. The van der Waals surface area contributed by atoms with Gasteiger partial charge in [0, 0.05) is 42.1 Å². The van der Waals surface area contributed by atoms with Gasteiger partial charge in [-0.05, 0) is 42.8 Å². The molecule has 3 aromatic heterocycles. The maximum absolute atomic E-state index is 12.3. The number of ether oxygens (including phenoxy) is 1. The minimum absolute atomic E-state index is 0.321. The van der Waals surface area contributed by atoms with Crippen LogP contribution in [0, 0.1) is 0 Å². The highest BCUT2D eigenvalue weighted by Crippen LogP contribution is 2.33. The lowest BCUT2D eigenvalue weighted by Crippen LogP contribution is -2.08. The van der Waals surface area contributed by atoms with Crippen LogP contribution in [0.5, 0.6) is 0 Å².